The van der Waals surface area contributed by atoms with Crippen LogP contribution in [0, 0.1) is 0 Å². The van der Waals surface area contributed by atoms with Crippen molar-refractivity contribution in [1.82, 2.24) is 5.32 Å². The fourth-order valence-electron chi connectivity index (χ4n) is 0.926. The van der Waals surface area contributed by atoms with Crippen LogP contribution in [0.2, 0.25) is 0 Å². The van der Waals surface area contributed by atoms with Crippen molar-refractivity contribution < 1.29 is 9.90 Å². The lowest BCUT2D eigenvalue weighted by Gasteiger charge is -2.23. The highest BCUT2D eigenvalue weighted by Gasteiger charge is 2.19. The fourth-order valence-corrected chi connectivity index (χ4v) is 0.926. The van der Waals surface area contributed by atoms with E-state index in [0.29, 0.717) is 0 Å². The van der Waals surface area contributed by atoms with E-state index < -0.39 is 6.10 Å². The van der Waals surface area contributed by atoms with Crippen LogP contribution in [0.5, 0.6) is 0 Å². The number of carbonyl (C=O) groups is 1. The molecule has 3 atom stereocenters. The van der Waals surface area contributed by atoms with Crippen molar-refractivity contribution >= 4 is 5.91 Å². The van der Waals surface area contributed by atoms with Crippen molar-refractivity contribution in [3.05, 3.63) is 0 Å². The Hall–Kier alpha value is -0.610. The molecule has 0 bridgehead atoms. The van der Waals surface area contributed by atoms with E-state index in [1.807, 2.05) is 0 Å². The van der Waals surface area contributed by atoms with E-state index in [0.717, 1.165) is 0 Å². The van der Waals surface area contributed by atoms with Crippen LogP contribution in [0.4, 0.5) is 0 Å². The van der Waals surface area contributed by atoms with Crippen LogP contribution < -0.4 is 11.1 Å². The van der Waals surface area contributed by atoms with Gasteiger partial charge in [-0.1, -0.05) is 0 Å². The van der Waals surface area contributed by atoms with Crippen LogP contribution in [0.25, 0.3) is 0 Å². The van der Waals surface area contributed by atoms with Gasteiger partial charge in [-0.25, -0.2) is 0 Å². The number of aliphatic hydroxyl groups excluding tert-OH is 1. The van der Waals surface area contributed by atoms with Gasteiger partial charge in [0.15, 0.2) is 0 Å². The molecule has 0 saturated heterocycles. The van der Waals surface area contributed by atoms with Gasteiger partial charge in [0.05, 0.1) is 12.1 Å². The standard InChI is InChI=1S/C7H16N2O2/c1-4(8)7(5(2)10)9-6(3)11/h4-5,7,10H,8H2,1-3H3,(H,9,11). The van der Waals surface area contributed by atoms with Gasteiger partial charge in [0, 0.05) is 13.0 Å². The van der Waals surface area contributed by atoms with E-state index in [1.165, 1.54) is 6.92 Å². The van der Waals surface area contributed by atoms with Gasteiger partial charge in [-0.3, -0.25) is 4.79 Å². The Morgan fingerprint density at radius 2 is 2.00 bits per heavy atom. The Morgan fingerprint density at radius 1 is 1.55 bits per heavy atom. The largest absolute Gasteiger partial charge is 0.391 e. The topological polar surface area (TPSA) is 75.4 Å². The molecule has 66 valence electrons. The van der Waals surface area contributed by atoms with E-state index in [4.69, 9.17) is 10.8 Å². The molecule has 0 spiro atoms. The number of nitrogens with one attached hydrogen (secondary N) is 1. The summed E-state index contributed by atoms with van der Waals surface area (Å²) in [6.07, 6.45) is -0.612. The SMILES string of the molecule is CC(=O)NC(C(C)N)C(C)O. The molecule has 0 aliphatic carbocycles. The number of aliphatic hydroxyl groups is 1. The number of hydrogen-bond donors (Lipinski definition) is 3. The fraction of sp³-hybridized carbons (Fsp3) is 0.857. The van der Waals surface area contributed by atoms with E-state index in [9.17, 15) is 4.79 Å². The summed E-state index contributed by atoms with van der Waals surface area (Å²) in [5.41, 5.74) is 5.51. The second kappa shape index (κ2) is 4.31. The number of hydrogen-bond acceptors (Lipinski definition) is 3. The van der Waals surface area contributed by atoms with Gasteiger partial charge < -0.3 is 16.2 Å². The van der Waals surface area contributed by atoms with Crippen LogP contribution in [-0.4, -0.2) is 29.2 Å². The predicted molar refractivity (Wildman–Crippen MR) is 42.9 cm³/mol. The van der Waals surface area contributed by atoms with Gasteiger partial charge in [0.2, 0.25) is 5.91 Å². The second-order valence-electron chi connectivity index (χ2n) is 2.83. The molecule has 0 aromatic rings. The molecule has 0 aliphatic rings. The zero-order valence-corrected chi connectivity index (χ0v) is 7.16. The second-order valence-corrected chi connectivity index (χ2v) is 2.83. The molecule has 1 amide bonds. The average Bonchev–Trinajstić information content (AvgIpc) is 1.81. The quantitative estimate of drug-likeness (QED) is 0.507. The third-order valence-electron chi connectivity index (χ3n) is 1.46. The van der Waals surface area contributed by atoms with Crippen molar-refractivity contribution in [2.24, 2.45) is 5.73 Å². The zero-order chi connectivity index (χ0) is 9.02. The highest BCUT2D eigenvalue weighted by atomic mass is 16.3. The molecular weight excluding hydrogens is 144 g/mol. The normalized spacial score (nSPS) is 18.6. The van der Waals surface area contributed by atoms with Crippen LogP contribution >= 0.6 is 0 Å². The van der Waals surface area contributed by atoms with Gasteiger partial charge in [0.1, 0.15) is 0 Å². The van der Waals surface area contributed by atoms with Gasteiger partial charge in [0.25, 0.3) is 0 Å². The molecule has 0 heterocycles. The van der Waals surface area contributed by atoms with E-state index in [2.05, 4.69) is 5.32 Å². The molecule has 0 fully saturated rings. The van der Waals surface area contributed by atoms with Crippen molar-refractivity contribution in [2.75, 3.05) is 0 Å². The highest BCUT2D eigenvalue weighted by molar-refractivity contribution is 5.73. The molecule has 3 unspecified atom stereocenters. The summed E-state index contributed by atoms with van der Waals surface area (Å²) in [7, 11) is 0. The molecule has 4 nitrogen and oxygen atoms in total. The van der Waals surface area contributed by atoms with Crippen molar-refractivity contribution in [3.63, 3.8) is 0 Å². The third kappa shape index (κ3) is 3.95. The third-order valence-corrected chi connectivity index (χ3v) is 1.46. The molecule has 0 aromatic heterocycles. The molecule has 4 N–H and O–H groups in total. The van der Waals surface area contributed by atoms with Gasteiger partial charge in [-0.2, -0.15) is 0 Å². The molecule has 11 heavy (non-hydrogen) atoms. The monoisotopic (exact) mass is 160 g/mol. The number of carbonyl (C=O) groups excluding carboxylic acids is 1. The van der Waals surface area contributed by atoms with Gasteiger partial charge in [-0.15, -0.1) is 0 Å². The lowest BCUT2D eigenvalue weighted by Crippen LogP contribution is -2.51. The predicted octanol–water partition coefficient (Wildman–Crippen LogP) is -0.781. The molecule has 4 heteroatoms. The molecule has 0 aliphatic heterocycles. The minimum absolute atomic E-state index is 0.173. The van der Waals surface area contributed by atoms with Crippen LogP contribution in [0.1, 0.15) is 20.8 Å². The van der Waals surface area contributed by atoms with E-state index in [-0.39, 0.29) is 18.0 Å². The Kier molecular flexibility index (Phi) is 4.07. The average molecular weight is 160 g/mol. The summed E-state index contributed by atoms with van der Waals surface area (Å²) >= 11 is 0. The maximum Gasteiger partial charge on any atom is 0.217 e. The van der Waals surface area contributed by atoms with E-state index >= 15 is 0 Å². The zero-order valence-electron chi connectivity index (χ0n) is 7.16. The molecule has 0 radical (unpaired) electrons. The van der Waals surface area contributed by atoms with Crippen LogP contribution in [0.3, 0.4) is 0 Å². The Morgan fingerprint density at radius 3 is 2.09 bits per heavy atom. The first kappa shape index (κ1) is 10.4. The first-order valence-electron chi connectivity index (χ1n) is 3.66. The summed E-state index contributed by atoms with van der Waals surface area (Å²) in [4.78, 5) is 10.6. The summed E-state index contributed by atoms with van der Waals surface area (Å²) in [6.45, 7) is 4.75. The number of nitrogens with two attached hydrogens (primary N) is 1. The maximum atomic E-state index is 10.6. The minimum Gasteiger partial charge on any atom is -0.391 e. The molecular formula is C7H16N2O2. The summed E-state index contributed by atoms with van der Waals surface area (Å²) in [6, 6.07) is -0.591. The van der Waals surface area contributed by atoms with Crippen LogP contribution in [-0.2, 0) is 4.79 Å². The molecule has 0 rings (SSSR count). The highest BCUT2D eigenvalue weighted by Crippen LogP contribution is 1.96. The van der Waals surface area contributed by atoms with Crippen LogP contribution in [0.15, 0.2) is 0 Å². The maximum absolute atomic E-state index is 10.6. The summed E-state index contributed by atoms with van der Waals surface area (Å²) in [5, 5.41) is 11.7. The minimum atomic E-state index is -0.612. The van der Waals surface area contributed by atoms with Crippen molar-refractivity contribution in [1.29, 1.82) is 0 Å². The first-order chi connectivity index (χ1) is 4.95. The van der Waals surface area contributed by atoms with Gasteiger partial charge >= 0.3 is 0 Å². The summed E-state index contributed by atoms with van der Waals surface area (Å²) < 4.78 is 0. The Labute approximate surface area is 66.8 Å². The first-order valence-corrected chi connectivity index (χ1v) is 3.66. The molecule has 0 aromatic carbocycles. The summed E-state index contributed by atoms with van der Waals surface area (Å²) in [5.74, 6) is -0.173. The van der Waals surface area contributed by atoms with Gasteiger partial charge in [-0.05, 0) is 13.8 Å². The Bertz CT molecular complexity index is 126. The van der Waals surface area contributed by atoms with Crippen molar-refractivity contribution in [2.45, 2.75) is 39.0 Å². The lowest BCUT2D eigenvalue weighted by atomic mass is 10.1. The Balaban J connectivity index is 4.00. The smallest absolute Gasteiger partial charge is 0.217 e. The number of rotatable bonds is 3. The lowest BCUT2D eigenvalue weighted by molar-refractivity contribution is -0.120. The number of amides is 1. The molecule has 0 saturated carbocycles. The van der Waals surface area contributed by atoms with Crippen molar-refractivity contribution in [3.8, 4) is 0 Å². The van der Waals surface area contributed by atoms with E-state index in [1.54, 1.807) is 13.8 Å².